The maximum atomic E-state index is 13.0. The minimum absolute atomic E-state index is 0.0399. The van der Waals surface area contributed by atoms with Crippen LogP contribution in [-0.2, 0) is 16.0 Å². The van der Waals surface area contributed by atoms with Crippen LogP contribution in [0, 0.1) is 5.82 Å². The second-order valence-corrected chi connectivity index (χ2v) is 5.55. The van der Waals surface area contributed by atoms with Crippen LogP contribution in [0.15, 0.2) is 36.4 Å². The van der Waals surface area contributed by atoms with Gasteiger partial charge in [0.1, 0.15) is 11.6 Å². The molecular weight excluding hydrogens is 371 g/mol. The summed E-state index contributed by atoms with van der Waals surface area (Å²) in [5.41, 5.74) is 5.09. The summed E-state index contributed by atoms with van der Waals surface area (Å²) in [6.07, 6.45) is -0.0399. The maximum absolute atomic E-state index is 13.0. The minimum atomic E-state index is -0.595. The molecule has 28 heavy (non-hydrogen) atoms. The Balaban J connectivity index is 1.87. The van der Waals surface area contributed by atoms with Gasteiger partial charge in [-0.1, -0.05) is 6.07 Å². The van der Waals surface area contributed by atoms with Crippen LogP contribution in [0.1, 0.15) is 5.56 Å². The highest BCUT2D eigenvalue weighted by Gasteiger charge is 2.15. The molecule has 9 heteroatoms. The molecular formula is C19H21FN2O6. The Bertz CT molecular complexity index is 818. The van der Waals surface area contributed by atoms with Crippen molar-refractivity contribution >= 4 is 11.8 Å². The third-order valence-corrected chi connectivity index (χ3v) is 3.60. The number of hydrogen-bond donors (Lipinski definition) is 2. The van der Waals surface area contributed by atoms with Gasteiger partial charge in [0.15, 0.2) is 18.1 Å². The highest BCUT2D eigenvalue weighted by molar-refractivity contribution is 5.84. The van der Waals surface area contributed by atoms with E-state index in [1.807, 2.05) is 0 Å². The Morgan fingerprint density at radius 1 is 0.929 bits per heavy atom. The number of nitrogens with one attached hydrogen (secondary N) is 2. The van der Waals surface area contributed by atoms with Crippen molar-refractivity contribution in [2.24, 2.45) is 0 Å². The number of rotatable bonds is 8. The molecule has 0 saturated carbocycles. The van der Waals surface area contributed by atoms with Crippen LogP contribution < -0.4 is 29.8 Å². The zero-order valence-electron chi connectivity index (χ0n) is 15.7. The van der Waals surface area contributed by atoms with Gasteiger partial charge in [-0.3, -0.25) is 20.4 Å². The Morgan fingerprint density at radius 2 is 1.57 bits per heavy atom. The quantitative estimate of drug-likeness (QED) is 0.663. The van der Waals surface area contributed by atoms with E-state index in [1.54, 1.807) is 12.1 Å². The first-order valence-electron chi connectivity index (χ1n) is 8.21. The number of amides is 2. The molecule has 150 valence electrons. The van der Waals surface area contributed by atoms with E-state index in [4.69, 9.17) is 18.9 Å². The van der Waals surface area contributed by atoms with E-state index in [0.29, 0.717) is 22.8 Å². The Hall–Kier alpha value is -3.49. The second kappa shape index (κ2) is 10.0. The van der Waals surface area contributed by atoms with Gasteiger partial charge < -0.3 is 18.9 Å². The van der Waals surface area contributed by atoms with Crippen LogP contribution >= 0.6 is 0 Å². The molecule has 0 atom stereocenters. The van der Waals surface area contributed by atoms with Gasteiger partial charge in [0.05, 0.1) is 27.8 Å². The average Bonchev–Trinajstić information content (AvgIpc) is 2.69. The number of carbonyl (C=O) groups is 2. The molecule has 0 aliphatic rings. The van der Waals surface area contributed by atoms with Crippen molar-refractivity contribution in [3.8, 4) is 23.0 Å². The first kappa shape index (κ1) is 20.8. The van der Waals surface area contributed by atoms with Crippen LogP contribution in [0.3, 0.4) is 0 Å². The van der Waals surface area contributed by atoms with Gasteiger partial charge in [-0.2, -0.15) is 0 Å². The minimum Gasteiger partial charge on any atom is -0.493 e. The summed E-state index contributed by atoms with van der Waals surface area (Å²) < 4.78 is 33.9. The predicted octanol–water partition coefficient (Wildman–Crippen LogP) is 1.62. The van der Waals surface area contributed by atoms with E-state index in [-0.39, 0.29) is 18.8 Å². The third-order valence-electron chi connectivity index (χ3n) is 3.60. The summed E-state index contributed by atoms with van der Waals surface area (Å²) >= 11 is 0. The highest BCUT2D eigenvalue weighted by atomic mass is 19.1. The van der Waals surface area contributed by atoms with E-state index in [0.717, 1.165) is 6.07 Å². The number of halogens is 1. The standard InChI is InChI=1S/C19H21FN2O6/c1-25-15-7-12(8-16(26-2)19(15)27-3)9-17(23)21-22-18(24)11-28-14-6-4-5-13(20)10-14/h4-8,10H,9,11H2,1-3H3,(H,21,23)(H,22,24). The SMILES string of the molecule is COc1cc(CC(=O)NNC(=O)COc2cccc(F)c2)cc(OC)c1OC. The number of carbonyl (C=O) groups excluding carboxylic acids is 2. The van der Waals surface area contributed by atoms with E-state index in [1.165, 1.54) is 39.5 Å². The number of ether oxygens (including phenoxy) is 4. The molecule has 0 unspecified atom stereocenters. The zero-order valence-corrected chi connectivity index (χ0v) is 15.7. The molecule has 0 bridgehead atoms. The number of hydrazine groups is 1. The van der Waals surface area contributed by atoms with Crippen molar-refractivity contribution in [3.05, 3.63) is 47.8 Å². The lowest BCUT2D eigenvalue weighted by atomic mass is 10.1. The zero-order chi connectivity index (χ0) is 20.5. The molecule has 0 radical (unpaired) electrons. The van der Waals surface area contributed by atoms with Crippen LogP contribution in [0.4, 0.5) is 4.39 Å². The summed E-state index contributed by atoms with van der Waals surface area (Å²) in [6.45, 7) is -0.381. The van der Waals surface area contributed by atoms with E-state index >= 15 is 0 Å². The largest absolute Gasteiger partial charge is 0.493 e. The molecule has 2 aromatic carbocycles. The van der Waals surface area contributed by atoms with E-state index in [9.17, 15) is 14.0 Å². The molecule has 0 aromatic heterocycles. The van der Waals surface area contributed by atoms with Crippen LogP contribution in [-0.4, -0.2) is 39.8 Å². The molecule has 2 aromatic rings. The number of hydrogen-bond acceptors (Lipinski definition) is 6. The molecule has 0 heterocycles. The molecule has 2 N–H and O–H groups in total. The van der Waals surface area contributed by atoms with Crippen molar-refractivity contribution in [3.63, 3.8) is 0 Å². The summed E-state index contributed by atoms with van der Waals surface area (Å²) in [5.74, 6) is -0.0855. The van der Waals surface area contributed by atoms with Gasteiger partial charge in [0, 0.05) is 6.07 Å². The normalized spacial score (nSPS) is 10.0. The fourth-order valence-electron chi connectivity index (χ4n) is 2.35. The number of methoxy groups -OCH3 is 3. The van der Waals surface area contributed by atoms with Gasteiger partial charge in [-0.05, 0) is 29.8 Å². The molecule has 8 nitrogen and oxygen atoms in total. The molecule has 0 fully saturated rings. The van der Waals surface area contributed by atoms with Gasteiger partial charge in [0.2, 0.25) is 11.7 Å². The van der Waals surface area contributed by atoms with Crippen molar-refractivity contribution in [2.45, 2.75) is 6.42 Å². The molecule has 0 saturated heterocycles. The topological polar surface area (TPSA) is 95.1 Å². The predicted molar refractivity (Wildman–Crippen MR) is 98.0 cm³/mol. The van der Waals surface area contributed by atoms with Crippen LogP contribution in [0.25, 0.3) is 0 Å². The lowest BCUT2D eigenvalue weighted by Crippen LogP contribution is -2.44. The van der Waals surface area contributed by atoms with Crippen molar-refractivity contribution in [1.29, 1.82) is 0 Å². The van der Waals surface area contributed by atoms with Crippen molar-refractivity contribution in [2.75, 3.05) is 27.9 Å². The molecule has 0 spiro atoms. The summed E-state index contributed by atoms with van der Waals surface area (Å²) in [7, 11) is 4.42. The fraction of sp³-hybridized carbons (Fsp3) is 0.263. The van der Waals surface area contributed by atoms with Crippen molar-refractivity contribution < 1.29 is 32.9 Å². The van der Waals surface area contributed by atoms with Crippen LogP contribution in [0.5, 0.6) is 23.0 Å². The molecule has 0 aliphatic heterocycles. The summed E-state index contributed by atoms with van der Waals surface area (Å²) in [6, 6.07) is 8.65. The van der Waals surface area contributed by atoms with Gasteiger partial charge in [-0.15, -0.1) is 0 Å². The Morgan fingerprint density at radius 3 is 2.14 bits per heavy atom. The lowest BCUT2D eigenvalue weighted by molar-refractivity contribution is -0.129. The monoisotopic (exact) mass is 392 g/mol. The maximum Gasteiger partial charge on any atom is 0.276 e. The second-order valence-electron chi connectivity index (χ2n) is 5.55. The van der Waals surface area contributed by atoms with E-state index in [2.05, 4.69) is 10.9 Å². The highest BCUT2D eigenvalue weighted by Crippen LogP contribution is 2.38. The molecule has 2 rings (SSSR count). The Labute approximate surface area is 161 Å². The number of benzene rings is 2. The smallest absolute Gasteiger partial charge is 0.276 e. The third kappa shape index (κ3) is 5.76. The van der Waals surface area contributed by atoms with Gasteiger partial charge in [-0.25, -0.2) is 4.39 Å². The van der Waals surface area contributed by atoms with E-state index < -0.39 is 17.6 Å². The lowest BCUT2D eigenvalue weighted by Gasteiger charge is -2.14. The fourth-order valence-corrected chi connectivity index (χ4v) is 2.35. The Kier molecular flexibility index (Phi) is 7.44. The van der Waals surface area contributed by atoms with Gasteiger partial charge in [0.25, 0.3) is 5.91 Å². The van der Waals surface area contributed by atoms with Crippen LogP contribution in [0.2, 0.25) is 0 Å². The summed E-state index contributed by atoms with van der Waals surface area (Å²) in [5, 5.41) is 0. The van der Waals surface area contributed by atoms with Gasteiger partial charge >= 0.3 is 0 Å². The first-order chi connectivity index (χ1) is 13.5. The summed E-state index contributed by atoms with van der Waals surface area (Å²) in [4.78, 5) is 23.8. The molecule has 2 amide bonds. The molecule has 0 aliphatic carbocycles. The first-order valence-corrected chi connectivity index (χ1v) is 8.21. The van der Waals surface area contributed by atoms with Crippen molar-refractivity contribution in [1.82, 2.24) is 10.9 Å². The average molecular weight is 392 g/mol.